The van der Waals surface area contributed by atoms with Crippen LogP contribution in [0.1, 0.15) is 22.3 Å². The van der Waals surface area contributed by atoms with Crippen LogP contribution < -0.4 is 0 Å². The van der Waals surface area contributed by atoms with E-state index in [9.17, 15) is 57.1 Å². The maximum atomic E-state index is 14.7. The van der Waals surface area contributed by atoms with E-state index in [1.165, 1.54) is 60.7 Å². The lowest BCUT2D eigenvalue weighted by Gasteiger charge is -2.18. The quantitative estimate of drug-likeness (QED) is 0.149. The predicted octanol–water partition coefficient (Wildman–Crippen LogP) is 17.2. The van der Waals surface area contributed by atoms with Crippen molar-refractivity contribution in [1.29, 1.82) is 0 Å². The van der Waals surface area contributed by atoms with Gasteiger partial charge in [-0.1, -0.05) is 109 Å². The summed E-state index contributed by atoms with van der Waals surface area (Å²) in [5.41, 5.74) is -4.73. The van der Waals surface area contributed by atoms with E-state index in [0.29, 0.717) is 69.4 Å². The van der Waals surface area contributed by atoms with Crippen LogP contribution in [-0.4, -0.2) is 19.5 Å². The number of hydrogen-bond acceptors (Lipinski definition) is 3. The number of nitrogens with zero attached hydrogens (tertiary/aromatic N) is 4. The number of alkyl halides is 12. The van der Waals surface area contributed by atoms with E-state index in [1.54, 1.807) is 47.0 Å². The molecule has 0 N–H and O–H groups in total. The highest BCUT2D eigenvalue weighted by Gasteiger charge is 2.40. The molecule has 4 nitrogen and oxygen atoms in total. The Morgan fingerprint density at radius 1 is 0.319 bits per heavy atom. The van der Waals surface area contributed by atoms with Crippen molar-refractivity contribution in [1.82, 2.24) is 19.5 Å². The van der Waals surface area contributed by atoms with Crippen molar-refractivity contribution >= 4 is 21.8 Å². The first-order chi connectivity index (χ1) is 34.1. The maximum Gasteiger partial charge on any atom is 0.417 e. The van der Waals surface area contributed by atoms with Gasteiger partial charge in [0.05, 0.1) is 39.0 Å². The molecule has 0 amide bonds. The molecule has 8 aromatic carbocycles. The molecule has 0 aliphatic carbocycles. The van der Waals surface area contributed by atoms with Gasteiger partial charge in [-0.3, -0.25) is 0 Å². The van der Waals surface area contributed by atoms with Crippen LogP contribution in [0.25, 0.3) is 95.0 Å². The molecule has 0 fully saturated rings. The average Bonchev–Trinajstić information content (AvgIpc) is 3.68. The molecule has 2 aromatic heterocycles. The van der Waals surface area contributed by atoms with Gasteiger partial charge in [-0.25, -0.2) is 19.3 Å². The Bertz CT molecular complexity index is 3500. The Balaban J connectivity index is 1.28. The SMILES string of the molecule is Fc1ccc(-c2ccc(-c3nc(-c4ccccc4)nc(-c4ccccc4)n3)cc2-n2c3ccc(-c4ccc(C(F)(F)F)cc4C(F)(F)F)cc3c3cc(-c4ccc(C(F)(F)F)cc4C(F)(F)F)ccc32)cc1. The van der Waals surface area contributed by atoms with E-state index in [4.69, 9.17) is 15.0 Å². The van der Waals surface area contributed by atoms with Gasteiger partial charge in [0, 0.05) is 33.0 Å². The van der Waals surface area contributed by atoms with E-state index in [1.807, 2.05) is 36.4 Å². The first kappa shape index (κ1) is 47.3. The predicted molar refractivity (Wildman–Crippen MR) is 247 cm³/mol. The van der Waals surface area contributed by atoms with Gasteiger partial charge in [-0.15, -0.1) is 0 Å². The van der Waals surface area contributed by atoms with Crippen LogP contribution in [0, 0.1) is 5.82 Å². The number of rotatable bonds is 7. The Labute approximate surface area is 399 Å². The molecular formula is C55H29F13N4. The van der Waals surface area contributed by atoms with Gasteiger partial charge in [0.1, 0.15) is 5.82 Å². The minimum Gasteiger partial charge on any atom is -0.309 e. The van der Waals surface area contributed by atoms with Crippen LogP contribution in [-0.2, 0) is 24.7 Å². The number of aromatic nitrogens is 4. The van der Waals surface area contributed by atoms with Gasteiger partial charge in [-0.2, -0.15) is 52.7 Å². The number of benzene rings is 8. The van der Waals surface area contributed by atoms with Crippen LogP contribution in [0.5, 0.6) is 0 Å². The number of hydrogen-bond donors (Lipinski definition) is 0. The lowest BCUT2D eigenvalue weighted by atomic mass is 9.94. The van der Waals surface area contributed by atoms with Crippen LogP contribution in [0.2, 0.25) is 0 Å². The van der Waals surface area contributed by atoms with Crippen LogP contribution in [0.4, 0.5) is 57.1 Å². The summed E-state index contributed by atoms with van der Waals surface area (Å²) in [5, 5.41) is 0.178. The molecule has 10 aromatic rings. The topological polar surface area (TPSA) is 43.6 Å². The second kappa shape index (κ2) is 17.5. The Morgan fingerprint density at radius 3 is 1.12 bits per heavy atom. The fraction of sp³-hybridized carbons (Fsp3) is 0.0727. The van der Waals surface area contributed by atoms with Gasteiger partial charge in [-0.05, 0) is 94.5 Å². The van der Waals surface area contributed by atoms with Crippen LogP contribution in [0.15, 0.2) is 176 Å². The summed E-state index contributed by atoms with van der Waals surface area (Å²) in [6, 6.07) is 38.7. The van der Waals surface area contributed by atoms with Crippen LogP contribution in [0.3, 0.4) is 0 Å². The Kier molecular flexibility index (Phi) is 11.5. The monoisotopic (exact) mass is 992 g/mol. The minimum atomic E-state index is -5.29. The highest BCUT2D eigenvalue weighted by Crippen LogP contribution is 2.46. The van der Waals surface area contributed by atoms with Gasteiger partial charge in [0.15, 0.2) is 17.5 Å². The fourth-order valence-corrected chi connectivity index (χ4v) is 8.70. The van der Waals surface area contributed by atoms with Crippen molar-refractivity contribution in [2.75, 3.05) is 0 Å². The lowest BCUT2D eigenvalue weighted by molar-refractivity contribution is -0.144. The molecule has 0 saturated heterocycles. The first-order valence-electron chi connectivity index (χ1n) is 21.6. The Morgan fingerprint density at radius 2 is 0.708 bits per heavy atom. The minimum absolute atomic E-state index is 0.0156. The van der Waals surface area contributed by atoms with Crippen molar-refractivity contribution in [3.63, 3.8) is 0 Å². The van der Waals surface area contributed by atoms with Crippen molar-refractivity contribution in [2.24, 2.45) is 0 Å². The van der Waals surface area contributed by atoms with E-state index >= 15 is 0 Å². The molecule has 0 radical (unpaired) electrons. The number of halogens is 13. The molecule has 2 heterocycles. The van der Waals surface area contributed by atoms with E-state index < -0.39 is 63.9 Å². The molecule has 10 rings (SSSR count). The molecular weight excluding hydrogens is 964 g/mol. The van der Waals surface area contributed by atoms with Gasteiger partial charge in [0.2, 0.25) is 0 Å². The van der Waals surface area contributed by atoms with Crippen molar-refractivity contribution in [2.45, 2.75) is 24.7 Å². The summed E-state index contributed by atoms with van der Waals surface area (Å²) < 4.78 is 187. The van der Waals surface area contributed by atoms with Crippen molar-refractivity contribution in [3.8, 4) is 73.2 Å². The summed E-state index contributed by atoms with van der Waals surface area (Å²) in [6.45, 7) is 0. The largest absolute Gasteiger partial charge is 0.417 e. The Hall–Kier alpha value is -8.34. The highest BCUT2D eigenvalue weighted by molar-refractivity contribution is 6.12. The van der Waals surface area contributed by atoms with E-state index in [2.05, 4.69) is 0 Å². The maximum absolute atomic E-state index is 14.7. The van der Waals surface area contributed by atoms with E-state index in [0.717, 1.165) is 0 Å². The molecule has 0 unspecified atom stereocenters. The third-order valence-electron chi connectivity index (χ3n) is 12.0. The van der Waals surface area contributed by atoms with Gasteiger partial charge >= 0.3 is 24.7 Å². The van der Waals surface area contributed by atoms with Gasteiger partial charge in [0.25, 0.3) is 0 Å². The summed E-state index contributed by atoms with van der Waals surface area (Å²) in [5.74, 6) is 0.236. The molecule has 72 heavy (non-hydrogen) atoms. The molecule has 17 heteroatoms. The first-order valence-corrected chi connectivity index (χ1v) is 21.6. The van der Waals surface area contributed by atoms with E-state index in [-0.39, 0.29) is 50.9 Å². The molecule has 0 aliphatic rings. The third kappa shape index (κ3) is 9.01. The highest BCUT2D eigenvalue weighted by atomic mass is 19.4. The average molecular weight is 993 g/mol. The summed E-state index contributed by atoms with van der Waals surface area (Å²) in [4.78, 5) is 14.4. The summed E-state index contributed by atoms with van der Waals surface area (Å²) in [6.07, 6.45) is -20.8. The standard InChI is InChI=1S/C55H29F13N4/c56-38-18-11-30(12-19-38)41-20-13-35(51-70-49(31-7-3-1-4-8-31)69-50(71-51)32-9-5-2-6-10-32)27-48(41)72-46-23-14-33(39-21-16-36(52(57,58)59)28-44(39)54(63,64)65)25-42(46)43-26-34(15-24-47(43)72)40-22-17-37(53(60,61)62)29-45(40)55(66,67)68/h1-29H. The zero-order chi connectivity index (χ0) is 50.9. The fourth-order valence-electron chi connectivity index (χ4n) is 8.70. The summed E-state index contributed by atoms with van der Waals surface area (Å²) >= 11 is 0. The van der Waals surface area contributed by atoms with Gasteiger partial charge < -0.3 is 4.57 Å². The second-order valence-electron chi connectivity index (χ2n) is 16.6. The summed E-state index contributed by atoms with van der Waals surface area (Å²) in [7, 11) is 0. The second-order valence-corrected chi connectivity index (χ2v) is 16.6. The van der Waals surface area contributed by atoms with Crippen LogP contribution >= 0.6 is 0 Å². The van der Waals surface area contributed by atoms with Crippen molar-refractivity contribution in [3.05, 3.63) is 204 Å². The van der Waals surface area contributed by atoms with Crippen molar-refractivity contribution < 1.29 is 57.1 Å². The molecule has 360 valence electrons. The molecule has 0 atom stereocenters. The lowest BCUT2D eigenvalue weighted by Crippen LogP contribution is -2.12. The zero-order valence-electron chi connectivity index (χ0n) is 36.4. The smallest absolute Gasteiger partial charge is 0.309 e. The molecule has 0 bridgehead atoms. The zero-order valence-corrected chi connectivity index (χ0v) is 36.4. The third-order valence-corrected chi connectivity index (χ3v) is 12.0. The normalized spacial score (nSPS) is 12.5. The molecule has 0 aliphatic heterocycles. The molecule has 0 spiro atoms. The molecule has 0 saturated carbocycles. The number of fused-ring (bicyclic) bond motifs is 3.